The highest BCUT2D eigenvalue weighted by Crippen LogP contribution is 2.36. The van der Waals surface area contributed by atoms with Gasteiger partial charge in [0, 0.05) is 19.5 Å². The number of benzene rings is 2. The highest BCUT2D eigenvalue weighted by atomic mass is 35.5. The Morgan fingerprint density at radius 2 is 2.03 bits per heavy atom. The summed E-state index contributed by atoms with van der Waals surface area (Å²) in [6, 6.07) is 14.5. The summed E-state index contributed by atoms with van der Waals surface area (Å²) in [4.78, 5) is 27.3. The largest absolute Gasteiger partial charge is 0.491 e. The molecule has 3 aliphatic rings. The summed E-state index contributed by atoms with van der Waals surface area (Å²) >= 11 is 6.48. The number of carbonyl (C=O) groups is 1. The first-order valence-corrected chi connectivity index (χ1v) is 12.1. The number of fused-ring (bicyclic) bond motifs is 4. The van der Waals surface area contributed by atoms with Gasteiger partial charge in [-0.25, -0.2) is 9.98 Å². The molecule has 1 atom stereocenters. The molecule has 172 valence electrons. The fourth-order valence-electron chi connectivity index (χ4n) is 5.20. The number of rotatable bonds is 5. The van der Waals surface area contributed by atoms with Crippen molar-refractivity contribution in [3.8, 4) is 5.75 Å². The number of imidazole rings is 1. The first-order chi connectivity index (χ1) is 16.5. The van der Waals surface area contributed by atoms with Gasteiger partial charge in [-0.05, 0) is 36.1 Å². The fraction of sp³-hybridized carbons (Fsp3) is 0.320. The molecule has 0 N–H and O–H groups in total. The lowest BCUT2D eigenvalue weighted by atomic mass is 10.1. The van der Waals surface area contributed by atoms with E-state index in [1.54, 1.807) is 4.90 Å². The monoisotopic (exact) mass is 473 g/mol. The number of aromatic nitrogens is 2. The van der Waals surface area contributed by atoms with Crippen molar-refractivity contribution < 1.29 is 9.53 Å². The van der Waals surface area contributed by atoms with Crippen molar-refractivity contribution in [1.29, 1.82) is 0 Å². The number of carbonyl (C=O) groups excluding carboxylic acids is 1. The predicted octanol–water partition coefficient (Wildman–Crippen LogP) is 2.04. The Morgan fingerprint density at radius 3 is 2.82 bits per heavy atom. The zero-order valence-corrected chi connectivity index (χ0v) is 20.0. The second-order valence-electron chi connectivity index (χ2n) is 9.01. The number of nitrogens with zero attached hydrogens (tertiary/aromatic N) is 5. The van der Waals surface area contributed by atoms with E-state index in [2.05, 4.69) is 23.1 Å². The van der Waals surface area contributed by atoms with E-state index < -0.39 is 0 Å². The molecule has 0 bridgehead atoms. The smallest absolute Gasteiger partial charge is 0.281 e. The Kier molecular flexibility index (Phi) is 5.13. The number of guanidine groups is 1. The first-order valence-electron chi connectivity index (χ1n) is 11.8. The lowest BCUT2D eigenvalue weighted by Crippen LogP contribution is -2.50. The minimum absolute atomic E-state index is 0.0518. The van der Waals surface area contributed by atoms with E-state index >= 15 is 0 Å². The van der Waals surface area contributed by atoms with Gasteiger partial charge in [0.2, 0.25) is 5.96 Å². The number of halogens is 1. The van der Waals surface area contributed by atoms with Gasteiger partial charge in [-0.15, -0.1) is 0 Å². The van der Waals surface area contributed by atoms with Crippen LogP contribution in [0, 0.1) is 0 Å². The van der Waals surface area contributed by atoms with Crippen LogP contribution in [0.2, 0.25) is 5.02 Å². The van der Waals surface area contributed by atoms with Crippen LogP contribution in [0.25, 0.3) is 0 Å². The average Bonchev–Trinajstić information content (AvgIpc) is 3.53. The van der Waals surface area contributed by atoms with E-state index in [4.69, 9.17) is 26.3 Å². The van der Waals surface area contributed by atoms with Crippen molar-refractivity contribution in [1.82, 2.24) is 14.5 Å². The summed E-state index contributed by atoms with van der Waals surface area (Å²) in [7, 11) is 1.95. The van der Waals surface area contributed by atoms with Gasteiger partial charge in [0.05, 0.1) is 29.9 Å². The molecule has 0 fully saturated rings. The van der Waals surface area contributed by atoms with E-state index in [-0.39, 0.29) is 11.9 Å². The Balaban J connectivity index is 1.35. The van der Waals surface area contributed by atoms with E-state index in [9.17, 15) is 4.79 Å². The summed E-state index contributed by atoms with van der Waals surface area (Å²) in [6.45, 7) is 4.43. The minimum Gasteiger partial charge on any atom is -0.491 e. The molecule has 0 saturated carbocycles. The molecule has 0 spiro atoms. The second-order valence-corrected chi connectivity index (χ2v) is 9.42. The van der Waals surface area contributed by atoms with E-state index in [1.807, 2.05) is 43.6 Å². The van der Waals surface area contributed by atoms with Gasteiger partial charge in [0.25, 0.3) is 5.91 Å². The molecule has 1 aromatic heterocycles. The highest BCUT2D eigenvalue weighted by molar-refractivity contribution is 6.32. The molecule has 3 aliphatic heterocycles. The predicted molar refractivity (Wildman–Crippen MR) is 136 cm³/mol. The number of ether oxygens (including phenoxy) is 1. The number of hydrogen-bond donors (Lipinski definition) is 0. The molecule has 3 aromatic rings. The van der Waals surface area contributed by atoms with Gasteiger partial charge in [-0.2, -0.15) is 0 Å². The van der Waals surface area contributed by atoms with Crippen LogP contribution in [0.4, 0.5) is 5.82 Å². The standard InChI is InChI=1S/C25H25BClN5O2/c1-2-30-23(33)20-22(32-14-18(28-25(30)32)11-15-6-4-3-5-7-15)29-24(26)31(20)13-16-10-17-8-9-34-21(17)19(27)12-16/h3-7,10,12,18H,2,8-9,11,13-14,26H2,1H3/t18-/m1/s1. The maximum Gasteiger partial charge on any atom is 0.281 e. The average molecular weight is 474 g/mol. The summed E-state index contributed by atoms with van der Waals surface area (Å²) < 4.78 is 7.66. The van der Waals surface area contributed by atoms with Gasteiger partial charge in [0.1, 0.15) is 5.75 Å². The molecule has 6 rings (SSSR count). The molecule has 34 heavy (non-hydrogen) atoms. The third kappa shape index (κ3) is 3.39. The Hall–Kier alpha value is -3.26. The van der Waals surface area contributed by atoms with Crippen molar-refractivity contribution in [3.63, 3.8) is 0 Å². The molecular weight excluding hydrogens is 449 g/mol. The van der Waals surface area contributed by atoms with Crippen LogP contribution >= 0.6 is 11.6 Å². The molecule has 2 aromatic carbocycles. The van der Waals surface area contributed by atoms with Gasteiger partial charge < -0.3 is 9.30 Å². The van der Waals surface area contributed by atoms with Crippen molar-refractivity contribution in [2.24, 2.45) is 4.99 Å². The van der Waals surface area contributed by atoms with Crippen LogP contribution in [0.3, 0.4) is 0 Å². The van der Waals surface area contributed by atoms with E-state index in [1.165, 1.54) is 5.56 Å². The second kappa shape index (κ2) is 8.20. The quantitative estimate of drug-likeness (QED) is 0.532. The summed E-state index contributed by atoms with van der Waals surface area (Å²) in [5.41, 5.74) is 4.82. The number of aliphatic imine (C=N–C) groups is 1. The molecule has 0 radical (unpaired) electrons. The molecule has 1 amide bonds. The highest BCUT2D eigenvalue weighted by Gasteiger charge is 2.43. The van der Waals surface area contributed by atoms with Crippen LogP contribution in [0.1, 0.15) is 34.1 Å². The Morgan fingerprint density at radius 1 is 1.21 bits per heavy atom. The van der Waals surface area contributed by atoms with Crippen molar-refractivity contribution >= 4 is 42.9 Å². The lowest BCUT2D eigenvalue weighted by molar-refractivity contribution is 0.0836. The number of anilines is 1. The van der Waals surface area contributed by atoms with Gasteiger partial charge in [-0.3, -0.25) is 14.6 Å². The van der Waals surface area contributed by atoms with Gasteiger partial charge in [-0.1, -0.05) is 48.0 Å². The minimum atomic E-state index is -0.0518. The molecule has 4 heterocycles. The zero-order chi connectivity index (χ0) is 23.4. The number of amides is 1. The molecule has 9 heteroatoms. The van der Waals surface area contributed by atoms with Gasteiger partial charge in [0.15, 0.2) is 19.4 Å². The normalized spacial score (nSPS) is 18.5. The van der Waals surface area contributed by atoms with Crippen molar-refractivity contribution in [2.75, 3.05) is 24.6 Å². The summed E-state index contributed by atoms with van der Waals surface area (Å²) in [5, 5.41) is 0.621. The van der Waals surface area contributed by atoms with Crippen LogP contribution < -0.4 is 15.4 Å². The van der Waals surface area contributed by atoms with E-state index in [0.29, 0.717) is 48.7 Å². The zero-order valence-electron chi connectivity index (χ0n) is 19.3. The van der Waals surface area contributed by atoms with Crippen molar-refractivity contribution in [3.05, 3.63) is 69.9 Å². The first kappa shape index (κ1) is 21.3. The van der Waals surface area contributed by atoms with Crippen LogP contribution in [-0.2, 0) is 19.4 Å². The lowest BCUT2D eigenvalue weighted by Gasteiger charge is -2.33. The SMILES string of the molecule is Bc1nc2c(n1Cc1cc(Cl)c3c(c1)CCO3)C(=O)N(CC)C1=N[C@H](Cc3ccccc3)CN12. The van der Waals surface area contributed by atoms with Crippen molar-refractivity contribution in [2.45, 2.75) is 32.4 Å². The maximum absolute atomic E-state index is 13.6. The molecule has 0 saturated heterocycles. The van der Waals surface area contributed by atoms with Crippen LogP contribution in [0.5, 0.6) is 5.75 Å². The topological polar surface area (TPSA) is 63.0 Å². The fourth-order valence-corrected chi connectivity index (χ4v) is 5.52. The Labute approximate surface area is 204 Å². The summed E-state index contributed by atoms with van der Waals surface area (Å²) in [5.74, 6) is 2.15. The van der Waals surface area contributed by atoms with Gasteiger partial charge >= 0.3 is 0 Å². The van der Waals surface area contributed by atoms with Crippen LogP contribution in [-0.4, -0.2) is 59.9 Å². The molecule has 7 nitrogen and oxygen atoms in total. The number of hydrogen-bond acceptors (Lipinski definition) is 5. The Bertz CT molecular complexity index is 1320. The third-order valence-corrected chi connectivity index (χ3v) is 7.07. The molecule has 0 aliphatic carbocycles. The third-order valence-electron chi connectivity index (χ3n) is 6.79. The maximum atomic E-state index is 13.6. The molecule has 0 unspecified atom stereocenters. The van der Waals surface area contributed by atoms with E-state index in [0.717, 1.165) is 35.4 Å². The van der Waals surface area contributed by atoms with Crippen LogP contribution in [0.15, 0.2) is 47.5 Å². The molecular formula is C25H25BClN5O2. The summed E-state index contributed by atoms with van der Waals surface area (Å²) in [6.07, 6.45) is 1.68.